The van der Waals surface area contributed by atoms with Crippen LogP contribution >= 0.6 is 15.9 Å². The number of ketones is 2. The Bertz CT molecular complexity index is 1100. The van der Waals surface area contributed by atoms with E-state index in [1.165, 1.54) is 19.9 Å². The molecular formula is C24H23BrO6. The van der Waals surface area contributed by atoms with E-state index in [1.54, 1.807) is 12.1 Å². The molecule has 6 nitrogen and oxygen atoms in total. The molecule has 4 rings (SSSR count). The molecule has 7 heteroatoms. The zero-order valence-corrected chi connectivity index (χ0v) is 19.4. The number of fused-ring (bicyclic) bond motifs is 4. The molecule has 0 N–H and O–H groups in total. The van der Waals surface area contributed by atoms with E-state index in [0.29, 0.717) is 18.6 Å². The zero-order chi connectivity index (χ0) is 22.7. The van der Waals surface area contributed by atoms with Crippen LogP contribution in [0.4, 0.5) is 0 Å². The van der Waals surface area contributed by atoms with Crippen LogP contribution in [0.15, 0.2) is 41.7 Å². The number of allylic oxidation sites excluding steroid dienone is 3. The normalized spacial score (nSPS) is 28.4. The Morgan fingerprint density at radius 1 is 1.10 bits per heavy atom. The number of hydrogen-bond acceptors (Lipinski definition) is 6. The number of carbonyl (C=O) groups excluding carboxylic acids is 4. The Morgan fingerprint density at radius 3 is 2.42 bits per heavy atom. The molecule has 3 aliphatic carbocycles. The number of esters is 2. The maximum atomic E-state index is 13.9. The third-order valence-corrected chi connectivity index (χ3v) is 7.46. The number of alkyl halides is 1. The summed E-state index contributed by atoms with van der Waals surface area (Å²) < 4.78 is 9.52. The van der Waals surface area contributed by atoms with Crippen LogP contribution < -0.4 is 4.74 Å². The molecule has 0 spiro atoms. The van der Waals surface area contributed by atoms with Gasteiger partial charge in [0.05, 0.1) is 11.5 Å². The van der Waals surface area contributed by atoms with E-state index in [4.69, 9.17) is 9.47 Å². The minimum Gasteiger partial charge on any atom is -0.431 e. The highest BCUT2D eigenvalue weighted by Crippen LogP contribution is 2.58. The maximum Gasteiger partial charge on any atom is 0.308 e. The molecule has 0 aliphatic heterocycles. The van der Waals surface area contributed by atoms with E-state index in [9.17, 15) is 19.2 Å². The Labute approximate surface area is 188 Å². The van der Waals surface area contributed by atoms with Gasteiger partial charge in [0.2, 0.25) is 0 Å². The highest BCUT2D eigenvalue weighted by molar-refractivity contribution is 9.10. The first-order chi connectivity index (χ1) is 14.5. The second kappa shape index (κ2) is 7.26. The summed E-state index contributed by atoms with van der Waals surface area (Å²) in [6.07, 6.45) is 4.91. The molecular weight excluding hydrogens is 464 g/mol. The number of Topliss-reactive ketones (excluding diaryl/α,β-unsaturated/α-hetero) is 2. The van der Waals surface area contributed by atoms with Gasteiger partial charge in [-0.3, -0.25) is 19.2 Å². The minimum atomic E-state index is -1.28. The van der Waals surface area contributed by atoms with Crippen molar-refractivity contribution >= 4 is 39.4 Å². The smallest absolute Gasteiger partial charge is 0.308 e. The first-order valence-electron chi connectivity index (χ1n) is 10.1. The predicted octanol–water partition coefficient (Wildman–Crippen LogP) is 4.56. The standard InChI is InChI=1S/C24H23BrO6/c1-12(26)30-17-7-5-6-15-19(17)21(28)16-9-8-14-10-23(3,4)11-18(31-13(2)27)20(14)24(16,25)22(15)29/h5-8,11,16,20H,9-10H2,1-4H3/t16-,20+,24-/m0/s1. The van der Waals surface area contributed by atoms with Gasteiger partial charge in [-0.2, -0.15) is 0 Å². The molecule has 3 aliphatic rings. The van der Waals surface area contributed by atoms with Crippen LogP contribution in [0, 0.1) is 17.3 Å². The van der Waals surface area contributed by atoms with Crippen molar-refractivity contribution in [3.63, 3.8) is 0 Å². The quantitative estimate of drug-likeness (QED) is 0.263. The highest BCUT2D eigenvalue weighted by atomic mass is 79.9. The van der Waals surface area contributed by atoms with Gasteiger partial charge in [-0.05, 0) is 30.4 Å². The van der Waals surface area contributed by atoms with Crippen LogP contribution in [-0.2, 0) is 14.3 Å². The van der Waals surface area contributed by atoms with Crippen molar-refractivity contribution in [2.45, 2.75) is 44.9 Å². The molecule has 162 valence electrons. The van der Waals surface area contributed by atoms with E-state index < -0.39 is 28.1 Å². The SMILES string of the molecule is CC(=O)OC1=CC(C)(C)CC2=CC[C@H]3C(=O)c4c(OC(C)=O)cccc4C(=O)[C@@]3(Br)[C@H]21. The van der Waals surface area contributed by atoms with Gasteiger partial charge >= 0.3 is 11.9 Å². The summed E-state index contributed by atoms with van der Waals surface area (Å²) in [6, 6.07) is 4.68. The van der Waals surface area contributed by atoms with E-state index in [2.05, 4.69) is 15.9 Å². The predicted molar refractivity (Wildman–Crippen MR) is 116 cm³/mol. The first kappa shape index (κ1) is 21.7. The van der Waals surface area contributed by atoms with Crippen molar-refractivity contribution in [1.29, 1.82) is 0 Å². The molecule has 31 heavy (non-hydrogen) atoms. The molecule has 0 fully saturated rings. The summed E-state index contributed by atoms with van der Waals surface area (Å²) in [7, 11) is 0. The average molecular weight is 487 g/mol. The Kier molecular flexibility index (Phi) is 5.08. The number of hydrogen-bond donors (Lipinski definition) is 0. The number of halogens is 1. The summed E-state index contributed by atoms with van der Waals surface area (Å²) >= 11 is 3.68. The average Bonchev–Trinajstić information content (AvgIpc) is 2.63. The number of benzene rings is 1. The molecule has 3 atom stereocenters. The Balaban J connectivity index is 1.91. The fraction of sp³-hybridized carbons (Fsp3) is 0.417. The van der Waals surface area contributed by atoms with Gasteiger partial charge in [-0.1, -0.05) is 53.6 Å². The Morgan fingerprint density at radius 2 is 1.77 bits per heavy atom. The lowest BCUT2D eigenvalue weighted by Crippen LogP contribution is -2.57. The van der Waals surface area contributed by atoms with Gasteiger partial charge in [0.25, 0.3) is 0 Å². The third-order valence-electron chi connectivity index (χ3n) is 6.09. The lowest BCUT2D eigenvalue weighted by atomic mass is 9.58. The van der Waals surface area contributed by atoms with Gasteiger partial charge in [0.15, 0.2) is 11.6 Å². The van der Waals surface area contributed by atoms with Crippen LogP contribution in [-0.4, -0.2) is 27.8 Å². The fourth-order valence-corrected chi connectivity index (χ4v) is 6.20. The molecule has 1 aromatic rings. The first-order valence-corrected chi connectivity index (χ1v) is 10.9. The second-order valence-electron chi connectivity index (χ2n) is 9.04. The summed E-state index contributed by atoms with van der Waals surface area (Å²) in [5.41, 5.74) is 1.04. The van der Waals surface area contributed by atoms with E-state index >= 15 is 0 Å². The van der Waals surface area contributed by atoms with Crippen molar-refractivity contribution in [1.82, 2.24) is 0 Å². The zero-order valence-electron chi connectivity index (χ0n) is 17.8. The van der Waals surface area contributed by atoms with Crippen molar-refractivity contribution in [3.8, 4) is 5.75 Å². The molecule has 0 heterocycles. The molecule has 0 unspecified atom stereocenters. The van der Waals surface area contributed by atoms with Gasteiger partial charge in [-0.15, -0.1) is 0 Å². The third kappa shape index (κ3) is 3.39. The molecule has 0 bridgehead atoms. The topological polar surface area (TPSA) is 86.7 Å². The molecule has 0 saturated heterocycles. The molecule has 0 saturated carbocycles. The molecule has 1 aromatic carbocycles. The lowest BCUT2D eigenvalue weighted by Gasteiger charge is -2.49. The number of ether oxygens (including phenoxy) is 2. The minimum absolute atomic E-state index is 0.0909. The Hall–Kier alpha value is -2.54. The monoisotopic (exact) mass is 486 g/mol. The summed E-state index contributed by atoms with van der Waals surface area (Å²) in [5.74, 6) is -2.42. The summed E-state index contributed by atoms with van der Waals surface area (Å²) in [5, 5.41) is 0. The van der Waals surface area contributed by atoms with Crippen molar-refractivity contribution in [3.05, 3.63) is 52.8 Å². The number of rotatable bonds is 2. The van der Waals surface area contributed by atoms with Crippen LogP contribution in [0.5, 0.6) is 5.75 Å². The largest absolute Gasteiger partial charge is 0.431 e. The molecule has 0 amide bonds. The van der Waals surface area contributed by atoms with Crippen molar-refractivity contribution in [2.75, 3.05) is 0 Å². The van der Waals surface area contributed by atoms with E-state index in [-0.39, 0.29) is 33.9 Å². The van der Waals surface area contributed by atoms with Crippen LogP contribution in [0.2, 0.25) is 0 Å². The highest BCUT2D eigenvalue weighted by Gasteiger charge is 2.61. The van der Waals surface area contributed by atoms with Crippen molar-refractivity contribution < 1.29 is 28.7 Å². The van der Waals surface area contributed by atoms with Gasteiger partial charge in [-0.25, -0.2) is 0 Å². The van der Waals surface area contributed by atoms with Crippen LogP contribution in [0.3, 0.4) is 0 Å². The van der Waals surface area contributed by atoms with E-state index in [0.717, 1.165) is 5.57 Å². The fourth-order valence-electron chi connectivity index (χ4n) is 5.08. The summed E-state index contributed by atoms with van der Waals surface area (Å²) in [4.78, 5) is 50.9. The maximum absolute atomic E-state index is 13.9. The number of carbonyl (C=O) groups is 4. The summed E-state index contributed by atoms with van der Waals surface area (Å²) in [6.45, 7) is 6.64. The molecule has 0 radical (unpaired) electrons. The van der Waals surface area contributed by atoms with Gasteiger partial charge in [0.1, 0.15) is 15.8 Å². The van der Waals surface area contributed by atoms with Crippen molar-refractivity contribution in [2.24, 2.45) is 17.3 Å². The second-order valence-corrected chi connectivity index (χ2v) is 10.4. The van der Waals surface area contributed by atoms with Crippen LogP contribution in [0.1, 0.15) is 61.3 Å². The lowest BCUT2D eigenvalue weighted by molar-refractivity contribution is -0.138. The van der Waals surface area contributed by atoms with Gasteiger partial charge in [0, 0.05) is 25.3 Å². The van der Waals surface area contributed by atoms with E-state index in [1.807, 2.05) is 26.0 Å². The van der Waals surface area contributed by atoms with Gasteiger partial charge < -0.3 is 9.47 Å². The molecule has 0 aromatic heterocycles. The van der Waals surface area contributed by atoms with Crippen LogP contribution in [0.25, 0.3) is 0 Å².